The number of phosphoric ester groups is 1. The summed E-state index contributed by atoms with van der Waals surface area (Å²) in [5, 5.41) is 39.2. The lowest BCUT2D eigenvalue weighted by molar-refractivity contribution is -0.146. The number of esters is 1. The van der Waals surface area contributed by atoms with Gasteiger partial charge in [-0.1, -0.05) is 42.5 Å². The Balaban J connectivity index is 2.90. The second kappa shape index (κ2) is 12.1. The van der Waals surface area contributed by atoms with E-state index < -0.39 is 43.8 Å². The van der Waals surface area contributed by atoms with Crippen molar-refractivity contribution in [1.29, 1.82) is 0 Å². The van der Waals surface area contributed by atoms with Gasteiger partial charge in [-0.2, -0.15) is 0 Å². The van der Waals surface area contributed by atoms with Crippen LogP contribution in [0.5, 0.6) is 0 Å². The van der Waals surface area contributed by atoms with Gasteiger partial charge < -0.3 is 34.9 Å². The third-order valence-electron chi connectivity index (χ3n) is 3.92. The molecule has 0 aromatic carbocycles. The smallest absolute Gasteiger partial charge is 0.452 e. The highest BCUT2D eigenvalue weighted by Crippen LogP contribution is 2.41. The summed E-state index contributed by atoms with van der Waals surface area (Å²) >= 11 is 0. The fourth-order valence-corrected chi connectivity index (χ4v) is 3.02. The summed E-state index contributed by atoms with van der Waals surface area (Å²) in [4.78, 5) is 29.6. The van der Waals surface area contributed by atoms with Crippen LogP contribution in [-0.4, -0.2) is 72.8 Å². The number of hydrogen-bond acceptors (Lipinski definition) is 8. The number of cyclic esters (lactones) is 1. The first-order chi connectivity index (χ1) is 13.9. The van der Waals surface area contributed by atoms with Crippen LogP contribution in [0.25, 0.3) is 0 Å². The van der Waals surface area contributed by atoms with E-state index in [0.717, 1.165) is 12.2 Å². The van der Waals surface area contributed by atoms with Gasteiger partial charge in [0.05, 0.1) is 12.7 Å². The number of rotatable bonds is 11. The SMILES string of the molecule is C[C@@](O)(/C=C/[C@@H]1OC(=O)C=C[C@H]1O)[C@@H](C[C@@H](O)\C=C/C=C\C=C\CO)OP(=O)(O)O. The maximum absolute atomic E-state index is 11.3. The summed E-state index contributed by atoms with van der Waals surface area (Å²) < 4.78 is 20.9. The Morgan fingerprint density at radius 1 is 1.30 bits per heavy atom. The van der Waals surface area contributed by atoms with Crippen molar-refractivity contribution in [3.8, 4) is 0 Å². The molecule has 1 aliphatic rings. The van der Waals surface area contributed by atoms with Crippen molar-refractivity contribution in [3.05, 3.63) is 60.8 Å². The van der Waals surface area contributed by atoms with Gasteiger partial charge >= 0.3 is 13.8 Å². The number of carbonyl (C=O) groups is 1. The van der Waals surface area contributed by atoms with Gasteiger partial charge in [0.1, 0.15) is 23.9 Å². The summed E-state index contributed by atoms with van der Waals surface area (Å²) in [5.74, 6) is -0.694. The monoisotopic (exact) mass is 446 g/mol. The second-order valence-corrected chi connectivity index (χ2v) is 7.80. The van der Waals surface area contributed by atoms with E-state index in [4.69, 9.17) is 19.6 Å². The zero-order chi connectivity index (χ0) is 22.8. The normalized spacial score (nSPS) is 24.7. The molecule has 30 heavy (non-hydrogen) atoms. The summed E-state index contributed by atoms with van der Waals surface area (Å²) in [7, 11) is -5.02. The van der Waals surface area contributed by atoms with Crippen molar-refractivity contribution >= 4 is 13.8 Å². The van der Waals surface area contributed by atoms with E-state index in [9.17, 15) is 24.7 Å². The van der Waals surface area contributed by atoms with E-state index in [1.807, 2.05) is 0 Å². The maximum Gasteiger partial charge on any atom is 0.469 e. The van der Waals surface area contributed by atoms with Gasteiger partial charge in [0.2, 0.25) is 0 Å². The van der Waals surface area contributed by atoms with Gasteiger partial charge in [-0.05, 0) is 19.1 Å². The number of hydrogen-bond donors (Lipinski definition) is 6. The molecule has 6 N–H and O–H groups in total. The van der Waals surface area contributed by atoms with Crippen LogP contribution in [0.1, 0.15) is 13.3 Å². The van der Waals surface area contributed by atoms with Gasteiger partial charge in [0.15, 0.2) is 0 Å². The van der Waals surface area contributed by atoms with Crippen LogP contribution in [0.3, 0.4) is 0 Å². The van der Waals surface area contributed by atoms with Gasteiger partial charge in [-0.15, -0.1) is 0 Å². The van der Waals surface area contributed by atoms with Gasteiger partial charge in [0.25, 0.3) is 0 Å². The lowest BCUT2D eigenvalue weighted by atomic mass is 9.92. The minimum absolute atomic E-state index is 0.117. The molecule has 1 heterocycles. The number of aliphatic hydroxyl groups is 4. The van der Waals surface area contributed by atoms with Gasteiger partial charge in [-0.3, -0.25) is 4.52 Å². The number of carbonyl (C=O) groups excluding carboxylic acids is 1. The molecule has 0 aliphatic carbocycles. The first kappa shape index (κ1) is 26.2. The quantitative estimate of drug-likeness (QED) is 0.110. The predicted octanol–water partition coefficient (Wildman–Crippen LogP) is 0.0259. The van der Waals surface area contributed by atoms with Crippen LogP contribution in [0.15, 0.2) is 60.8 Å². The molecule has 1 rings (SSSR count). The summed E-state index contributed by atoms with van der Waals surface area (Å²) in [6.45, 7) is 1.07. The molecule has 11 heteroatoms. The Hall–Kier alpha value is -1.88. The predicted molar refractivity (Wildman–Crippen MR) is 107 cm³/mol. The minimum Gasteiger partial charge on any atom is -0.452 e. The standard InChI is InChI=1S/C19H27O10P/c1-19(24,11-10-16-15(22)8-9-18(23)28-16)17(29-30(25,26)27)13-14(21)7-5-3-2-4-6-12-20/h2-11,14-17,20-22,24H,12-13H2,1H3,(H2,25,26,27)/b3-2-,6-4+,7-5-,11-10+/t14-,15+,16-,17+,19+/m0/s1. The molecule has 10 nitrogen and oxygen atoms in total. The topological polar surface area (TPSA) is 174 Å². The molecule has 0 saturated heterocycles. The average molecular weight is 446 g/mol. The molecule has 0 aromatic heterocycles. The zero-order valence-corrected chi connectivity index (χ0v) is 17.2. The van der Waals surface area contributed by atoms with Crippen LogP contribution in [0.2, 0.25) is 0 Å². The molecule has 5 atom stereocenters. The van der Waals surface area contributed by atoms with E-state index in [0.29, 0.717) is 0 Å². The first-order valence-electron chi connectivity index (χ1n) is 8.96. The van der Waals surface area contributed by atoms with E-state index in [1.54, 1.807) is 18.2 Å². The number of ether oxygens (including phenoxy) is 1. The molecule has 0 unspecified atom stereocenters. The highest BCUT2D eigenvalue weighted by molar-refractivity contribution is 7.46. The van der Waals surface area contributed by atoms with Crippen molar-refractivity contribution in [3.63, 3.8) is 0 Å². The van der Waals surface area contributed by atoms with Crippen molar-refractivity contribution in [1.82, 2.24) is 0 Å². The van der Waals surface area contributed by atoms with Crippen molar-refractivity contribution in [2.45, 2.75) is 43.4 Å². The number of aliphatic hydroxyl groups excluding tert-OH is 3. The fraction of sp³-hybridized carbons (Fsp3) is 0.421. The largest absolute Gasteiger partial charge is 0.469 e. The molecular formula is C19H27O10P. The van der Waals surface area contributed by atoms with Gasteiger partial charge in [0, 0.05) is 12.5 Å². The zero-order valence-electron chi connectivity index (χ0n) is 16.3. The van der Waals surface area contributed by atoms with Crippen LogP contribution >= 0.6 is 7.82 Å². The third kappa shape index (κ3) is 10.2. The average Bonchev–Trinajstić information content (AvgIpc) is 2.63. The molecule has 0 fully saturated rings. The second-order valence-electron chi connectivity index (χ2n) is 6.60. The number of phosphoric acid groups is 1. The van der Waals surface area contributed by atoms with Crippen LogP contribution in [-0.2, 0) is 18.6 Å². The van der Waals surface area contributed by atoms with E-state index in [-0.39, 0.29) is 13.0 Å². The van der Waals surface area contributed by atoms with E-state index in [2.05, 4.69) is 4.52 Å². The summed E-state index contributed by atoms with van der Waals surface area (Å²) in [6.07, 6.45) is 8.07. The van der Waals surface area contributed by atoms with Crippen LogP contribution in [0, 0.1) is 0 Å². The molecule has 168 valence electrons. The molecular weight excluding hydrogens is 419 g/mol. The van der Waals surface area contributed by atoms with Gasteiger partial charge in [-0.25, -0.2) is 9.36 Å². The molecule has 0 radical (unpaired) electrons. The molecule has 0 saturated carbocycles. The Kier molecular flexibility index (Phi) is 10.5. The van der Waals surface area contributed by atoms with Crippen LogP contribution in [0.4, 0.5) is 0 Å². The Bertz CT molecular complexity index is 746. The molecule has 0 bridgehead atoms. The Morgan fingerprint density at radius 2 is 1.97 bits per heavy atom. The number of allylic oxidation sites excluding steroid dienone is 4. The third-order valence-corrected chi connectivity index (χ3v) is 4.45. The van der Waals surface area contributed by atoms with Crippen molar-refractivity contribution < 1.29 is 48.8 Å². The molecule has 1 aliphatic heterocycles. The molecule has 0 spiro atoms. The van der Waals surface area contributed by atoms with Crippen molar-refractivity contribution in [2.24, 2.45) is 0 Å². The highest BCUT2D eigenvalue weighted by Gasteiger charge is 2.37. The Morgan fingerprint density at radius 3 is 2.60 bits per heavy atom. The molecule has 0 aromatic rings. The minimum atomic E-state index is -5.02. The lowest BCUT2D eigenvalue weighted by Gasteiger charge is -2.32. The summed E-state index contributed by atoms with van der Waals surface area (Å²) in [6, 6.07) is 0. The lowest BCUT2D eigenvalue weighted by Crippen LogP contribution is -2.41. The maximum atomic E-state index is 11.3. The van der Waals surface area contributed by atoms with E-state index in [1.165, 1.54) is 37.3 Å². The van der Waals surface area contributed by atoms with E-state index >= 15 is 0 Å². The summed E-state index contributed by atoms with van der Waals surface area (Å²) in [5.41, 5.74) is -2.00. The molecule has 0 amide bonds. The van der Waals surface area contributed by atoms with Crippen molar-refractivity contribution in [2.75, 3.05) is 6.61 Å². The first-order valence-corrected chi connectivity index (χ1v) is 10.5. The fourth-order valence-electron chi connectivity index (χ4n) is 2.39. The Labute approximate surface area is 174 Å². The van der Waals surface area contributed by atoms with Crippen LogP contribution < -0.4 is 0 Å². The highest BCUT2D eigenvalue weighted by atomic mass is 31.2.